The van der Waals surface area contributed by atoms with Crippen molar-refractivity contribution < 1.29 is 13.2 Å². The Morgan fingerprint density at radius 3 is 2.15 bits per heavy atom. The van der Waals surface area contributed by atoms with Crippen LogP contribution >= 0.6 is 0 Å². The summed E-state index contributed by atoms with van der Waals surface area (Å²) in [5.74, 6) is -0.0288. The molecule has 0 aliphatic heterocycles. The van der Waals surface area contributed by atoms with Gasteiger partial charge in [0.05, 0.1) is 16.6 Å². The minimum Gasteiger partial charge on any atom is -0.348 e. The Morgan fingerprint density at radius 2 is 1.59 bits per heavy atom. The molecule has 1 atom stereocenters. The van der Waals surface area contributed by atoms with Crippen molar-refractivity contribution in [2.75, 3.05) is 10.8 Å². The highest BCUT2D eigenvalue weighted by atomic mass is 32.2. The average Bonchev–Trinajstić information content (AvgIpc) is 2.82. The number of carbonyl (C=O) groups is 1. The molecule has 3 aromatic rings. The lowest BCUT2D eigenvalue weighted by Gasteiger charge is -2.26. The average molecular weight is 479 g/mol. The molecule has 0 aliphatic carbocycles. The maximum Gasteiger partial charge on any atom is 0.264 e. The third kappa shape index (κ3) is 5.86. The molecule has 0 fully saturated rings. The van der Waals surface area contributed by atoms with Gasteiger partial charge in [-0.25, -0.2) is 8.42 Å². The van der Waals surface area contributed by atoms with Crippen LogP contribution in [-0.4, -0.2) is 20.9 Å². The molecule has 3 rings (SSSR count). The van der Waals surface area contributed by atoms with E-state index in [1.54, 1.807) is 42.5 Å². The van der Waals surface area contributed by atoms with Gasteiger partial charge in [0.15, 0.2) is 0 Å². The maximum absolute atomic E-state index is 13.5. The molecule has 0 saturated carbocycles. The quantitative estimate of drug-likeness (QED) is 0.417. The van der Waals surface area contributed by atoms with E-state index in [2.05, 4.69) is 25.2 Å². The van der Waals surface area contributed by atoms with Crippen LogP contribution in [0, 0.1) is 13.8 Å². The van der Waals surface area contributed by atoms with Gasteiger partial charge in [-0.1, -0.05) is 74.9 Å². The number of sulfonamides is 1. The Morgan fingerprint density at radius 1 is 0.941 bits per heavy atom. The van der Waals surface area contributed by atoms with Crippen LogP contribution in [0.3, 0.4) is 0 Å². The van der Waals surface area contributed by atoms with E-state index in [1.807, 2.05) is 45.0 Å². The largest absolute Gasteiger partial charge is 0.348 e. The first-order valence-electron chi connectivity index (χ1n) is 11.7. The Labute approximate surface area is 203 Å². The van der Waals surface area contributed by atoms with E-state index in [4.69, 9.17) is 0 Å². The zero-order valence-electron chi connectivity index (χ0n) is 20.6. The van der Waals surface area contributed by atoms with Crippen LogP contribution in [0.4, 0.5) is 5.69 Å². The molecule has 1 unspecified atom stereocenters. The predicted octanol–water partition coefficient (Wildman–Crippen LogP) is 5.89. The van der Waals surface area contributed by atoms with Crippen molar-refractivity contribution in [1.82, 2.24) is 5.32 Å². The highest BCUT2D eigenvalue weighted by Crippen LogP contribution is 2.27. The summed E-state index contributed by atoms with van der Waals surface area (Å²) in [6.07, 6.45) is 0.699. The third-order valence-corrected chi connectivity index (χ3v) is 7.80. The topological polar surface area (TPSA) is 66.5 Å². The zero-order valence-corrected chi connectivity index (χ0v) is 21.4. The first-order chi connectivity index (χ1) is 16.1. The van der Waals surface area contributed by atoms with Gasteiger partial charge in [-0.05, 0) is 67.1 Å². The van der Waals surface area contributed by atoms with Gasteiger partial charge in [0, 0.05) is 0 Å². The van der Waals surface area contributed by atoms with Crippen molar-refractivity contribution in [3.63, 3.8) is 0 Å². The van der Waals surface area contributed by atoms with Gasteiger partial charge in [0.2, 0.25) is 5.91 Å². The fourth-order valence-corrected chi connectivity index (χ4v) is 5.49. The van der Waals surface area contributed by atoms with Gasteiger partial charge in [0.1, 0.15) is 6.54 Å². The zero-order chi connectivity index (χ0) is 24.9. The number of benzene rings is 3. The van der Waals surface area contributed by atoms with Crippen molar-refractivity contribution >= 4 is 21.6 Å². The Bertz CT molecular complexity index is 1220. The van der Waals surface area contributed by atoms with Gasteiger partial charge < -0.3 is 5.32 Å². The van der Waals surface area contributed by atoms with Crippen LogP contribution in [0.15, 0.2) is 77.7 Å². The molecule has 34 heavy (non-hydrogen) atoms. The lowest BCUT2D eigenvalue weighted by molar-refractivity contribution is -0.120. The third-order valence-electron chi connectivity index (χ3n) is 6.01. The molecule has 0 radical (unpaired) electrons. The van der Waals surface area contributed by atoms with Gasteiger partial charge >= 0.3 is 0 Å². The molecule has 1 N–H and O–H groups in total. The molecule has 6 heteroatoms. The van der Waals surface area contributed by atoms with Crippen molar-refractivity contribution in [3.05, 3.63) is 95.1 Å². The molecule has 0 bridgehead atoms. The van der Waals surface area contributed by atoms with E-state index < -0.39 is 10.0 Å². The summed E-state index contributed by atoms with van der Waals surface area (Å²) < 4.78 is 28.3. The summed E-state index contributed by atoms with van der Waals surface area (Å²) in [7, 11) is -3.93. The Balaban J connectivity index is 1.92. The molecule has 0 aromatic heterocycles. The number of hydrogen-bond donors (Lipinski definition) is 1. The summed E-state index contributed by atoms with van der Waals surface area (Å²) in [6, 6.07) is 21.5. The van der Waals surface area contributed by atoms with Crippen LogP contribution < -0.4 is 9.62 Å². The summed E-state index contributed by atoms with van der Waals surface area (Å²) in [6.45, 7) is 9.93. The van der Waals surface area contributed by atoms with Crippen molar-refractivity contribution in [1.29, 1.82) is 0 Å². The van der Waals surface area contributed by atoms with Gasteiger partial charge in [-0.3, -0.25) is 9.10 Å². The number of nitrogens with zero attached hydrogens (tertiary/aromatic N) is 1. The second-order valence-electron chi connectivity index (χ2n) is 8.96. The number of anilines is 1. The molecule has 0 heterocycles. The molecule has 0 spiro atoms. The molecule has 0 aliphatic rings. The van der Waals surface area contributed by atoms with Crippen LogP contribution in [-0.2, 0) is 14.8 Å². The first kappa shape index (κ1) is 25.5. The minimum absolute atomic E-state index is 0.150. The first-order valence-corrected chi connectivity index (χ1v) is 13.1. The molecule has 1 amide bonds. The lowest BCUT2D eigenvalue weighted by Crippen LogP contribution is -2.42. The van der Waals surface area contributed by atoms with Crippen molar-refractivity contribution in [2.45, 2.75) is 57.9 Å². The molecular weight excluding hydrogens is 444 g/mol. The van der Waals surface area contributed by atoms with E-state index in [0.717, 1.165) is 22.3 Å². The maximum atomic E-state index is 13.5. The molecule has 180 valence electrons. The van der Waals surface area contributed by atoms with E-state index in [-0.39, 0.29) is 23.4 Å². The summed E-state index contributed by atoms with van der Waals surface area (Å²) in [5, 5.41) is 3.05. The monoisotopic (exact) mass is 478 g/mol. The minimum atomic E-state index is -3.93. The summed E-state index contributed by atoms with van der Waals surface area (Å²) in [4.78, 5) is 13.3. The van der Waals surface area contributed by atoms with E-state index in [0.29, 0.717) is 18.0 Å². The predicted molar refractivity (Wildman–Crippen MR) is 139 cm³/mol. The van der Waals surface area contributed by atoms with E-state index in [1.165, 1.54) is 4.31 Å². The van der Waals surface area contributed by atoms with E-state index >= 15 is 0 Å². The Hall–Kier alpha value is -3.12. The van der Waals surface area contributed by atoms with Crippen molar-refractivity contribution in [2.24, 2.45) is 0 Å². The molecule has 5 nitrogen and oxygen atoms in total. The van der Waals surface area contributed by atoms with Crippen molar-refractivity contribution in [3.8, 4) is 0 Å². The van der Waals surface area contributed by atoms with Gasteiger partial charge in [-0.15, -0.1) is 0 Å². The number of aryl methyl sites for hydroxylation is 2. The normalized spacial score (nSPS) is 12.4. The second kappa shape index (κ2) is 10.9. The summed E-state index contributed by atoms with van der Waals surface area (Å²) >= 11 is 0. The molecular formula is C28H34N2O3S. The van der Waals surface area contributed by atoms with Crippen LogP contribution in [0.5, 0.6) is 0 Å². The summed E-state index contributed by atoms with van der Waals surface area (Å²) in [5.41, 5.74) is 4.87. The molecule has 0 saturated heterocycles. The Kier molecular flexibility index (Phi) is 8.15. The number of amides is 1. The van der Waals surface area contributed by atoms with Crippen LogP contribution in [0.25, 0.3) is 0 Å². The highest BCUT2D eigenvalue weighted by molar-refractivity contribution is 7.92. The van der Waals surface area contributed by atoms with Crippen LogP contribution in [0.1, 0.15) is 61.4 Å². The number of hydrogen-bond acceptors (Lipinski definition) is 3. The standard InChI is InChI=1S/C28H34N2O3S/c1-6-27(26-17-12-21(4)18-22(26)5)29-28(31)19-30(24-15-13-23(14-16-24)20(2)3)34(32,33)25-10-8-7-9-11-25/h7-18,20,27H,6,19H2,1-5H3,(H,29,31). The number of rotatable bonds is 9. The van der Waals surface area contributed by atoms with E-state index in [9.17, 15) is 13.2 Å². The smallest absolute Gasteiger partial charge is 0.264 e. The fourth-order valence-electron chi connectivity index (χ4n) is 4.05. The molecule has 3 aromatic carbocycles. The second-order valence-corrected chi connectivity index (χ2v) is 10.8. The number of nitrogens with one attached hydrogen (secondary N) is 1. The fraction of sp³-hybridized carbons (Fsp3) is 0.321. The SMILES string of the molecule is CCC(NC(=O)CN(c1ccc(C(C)C)cc1)S(=O)(=O)c1ccccc1)c1ccc(C)cc1C. The van der Waals surface area contributed by atoms with Gasteiger partial charge in [-0.2, -0.15) is 0 Å². The lowest BCUT2D eigenvalue weighted by atomic mass is 9.97. The van der Waals surface area contributed by atoms with Gasteiger partial charge in [0.25, 0.3) is 10.0 Å². The highest BCUT2D eigenvalue weighted by Gasteiger charge is 2.28. The number of carbonyl (C=O) groups excluding carboxylic acids is 1. The van der Waals surface area contributed by atoms with Crippen LogP contribution in [0.2, 0.25) is 0 Å².